The van der Waals surface area contributed by atoms with E-state index in [-0.39, 0.29) is 22.9 Å². The zero-order valence-electron chi connectivity index (χ0n) is 19.9. The normalized spacial score (nSPS) is 11.0. The fourth-order valence-electron chi connectivity index (χ4n) is 3.40. The van der Waals surface area contributed by atoms with Crippen LogP contribution >= 0.6 is 0 Å². The predicted molar refractivity (Wildman–Crippen MR) is 135 cm³/mol. The van der Waals surface area contributed by atoms with E-state index in [0.29, 0.717) is 28.4 Å². The van der Waals surface area contributed by atoms with Gasteiger partial charge in [0.2, 0.25) is 11.7 Å². The molecule has 8 heteroatoms. The third-order valence-electron chi connectivity index (χ3n) is 5.11. The van der Waals surface area contributed by atoms with Crippen molar-refractivity contribution in [3.05, 3.63) is 71.3 Å². The van der Waals surface area contributed by atoms with Gasteiger partial charge in [0.1, 0.15) is 5.75 Å². The smallest absolute Gasteiger partial charge is 0.248 e. The highest BCUT2D eigenvalue weighted by atomic mass is 16.5. The van der Waals surface area contributed by atoms with Crippen LogP contribution in [0.4, 0.5) is 5.69 Å². The second kappa shape index (κ2) is 11.5. The van der Waals surface area contributed by atoms with Gasteiger partial charge in [0.05, 0.1) is 34.1 Å². The van der Waals surface area contributed by atoms with Crippen LogP contribution in [0.3, 0.4) is 0 Å². The Balaban J connectivity index is 1.95. The Morgan fingerprint density at radius 2 is 1.40 bits per heavy atom. The van der Waals surface area contributed by atoms with Crippen molar-refractivity contribution in [3.63, 3.8) is 0 Å². The average Bonchev–Trinajstić information content (AvgIpc) is 2.87. The molecule has 0 fully saturated rings. The number of carbonyl (C=O) groups excluding carboxylic acids is 1. The van der Waals surface area contributed by atoms with Gasteiger partial charge in [0, 0.05) is 17.2 Å². The van der Waals surface area contributed by atoms with Crippen LogP contribution in [-0.2, 0) is 4.79 Å². The summed E-state index contributed by atoms with van der Waals surface area (Å²) in [6.07, 6.45) is 6.32. The van der Waals surface area contributed by atoms with Crippen LogP contribution < -0.4 is 24.3 Å². The number of anilines is 1. The van der Waals surface area contributed by atoms with Gasteiger partial charge in [0.25, 0.3) is 0 Å². The van der Waals surface area contributed by atoms with E-state index in [0.717, 1.165) is 5.56 Å². The number of hydrogen-bond donors (Lipinski definition) is 3. The quantitative estimate of drug-likeness (QED) is 0.296. The number of amides is 1. The van der Waals surface area contributed by atoms with Crippen LogP contribution in [0, 0.1) is 0 Å². The molecule has 0 bridgehead atoms. The molecule has 182 valence electrons. The van der Waals surface area contributed by atoms with Gasteiger partial charge in [-0.3, -0.25) is 4.79 Å². The highest BCUT2D eigenvalue weighted by molar-refractivity contribution is 6.05. The number of phenolic OH excluding ortho intramolecular Hbond substituents is 2. The largest absolute Gasteiger partial charge is 0.507 e. The Bertz CT molecular complexity index is 1240. The lowest BCUT2D eigenvalue weighted by Crippen LogP contribution is -2.10. The molecule has 8 nitrogen and oxygen atoms in total. The first-order chi connectivity index (χ1) is 16.9. The number of aromatic hydroxyl groups is 2. The highest BCUT2D eigenvalue weighted by Crippen LogP contribution is 2.40. The number of rotatable bonds is 9. The molecule has 3 rings (SSSR count). The van der Waals surface area contributed by atoms with E-state index in [9.17, 15) is 15.0 Å². The maximum absolute atomic E-state index is 12.7. The monoisotopic (exact) mass is 477 g/mol. The van der Waals surface area contributed by atoms with E-state index < -0.39 is 5.91 Å². The van der Waals surface area contributed by atoms with Crippen LogP contribution in [0.1, 0.15) is 16.7 Å². The number of benzene rings is 3. The molecule has 0 aromatic heterocycles. The minimum atomic E-state index is -0.473. The molecule has 0 heterocycles. The fourth-order valence-corrected chi connectivity index (χ4v) is 3.40. The molecule has 0 unspecified atom stereocenters. The summed E-state index contributed by atoms with van der Waals surface area (Å²) in [6.45, 7) is 0. The summed E-state index contributed by atoms with van der Waals surface area (Å²) in [6, 6.07) is 13.3. The van der Waals surface area contributed by atoms with Crippen LogP contribution in [-0.4, -0.2) is 44.6 Å². The molecular weight excluding hydrogens is 450 g/mol. The van der Waals surface area contributed by atoms with Crippen molar-refractivity contribution in [3.8, 4) is 34.5 Å². The first-order valence-electron chi connectivity index (χ1n) is 10.6. The van der Waals surface area contributed by atoms with Crippen LogP contribution in [0.2, 0.25) is 0 Å². The van der Waals surface area contributed by atoms with E-state index in [2.05, 4.69) is 5.32 Å². The molecular formula is C27H27NO7. The van der Waals surface area contributed by atoms with Gasteiger partial charge in [-0.25, -0.2) is 0 Å². The van der Waals surface area contributed by atoms with Crippen LogP contribution in [0.15, 0.2) is 54.6 Å². The molecule has 0 aliphatic carbocycles. The summed E-state index contributed by atoms with van der Waals surface area (Å²) in [4.78, 5) is 12.7. The summed E-state index contributed by atoms with van der Waals surface area (Å²) in [5, 5.41) is 22.9. The first kappa shape index (κ1) is 25.0. The Morgan fingerprint density at radius 1 is 0.743 bits per heavy atom. The van der Waals surface area contributed by atoms with Crippen molar-refractivity contribution in [2.24, 2.45) is 0 Å². The van der Waals surface area contributed by atoms with Crippen molar-refractivity contribution in [2.75, 3.05) is 33.8 Å². The van der Waals surface area contributed by atoms with Crippen LogP contribution in [0.25, 0.3) is 18.2 Å². The fraction of sp³-hybridized carbons (Fsp3) is 0.148. The zero-order chi connectivity index (χ0) is 25.4. The average molecular weight is 478 g/mol. The number of nitrogens with one attached hydrogen (secondary N) is 1. The Morgan fingerprint density at radius 3 is 2.00 bits per heavy atom. The standard InChI is InChI=1S/C27H27NO7/c1-32-22-15-17(16-23(33-2)27(22)35-4)9-10-19-11-13-21(30)26(34-3)25(19)28-24(31)14-12-18-7-5-6-8-20(18)29/h5-16,29-30H,1-4H3,(H,28,31)/b10-9+,14-12+. The number of hydrogen-bond acceptors (Lipinski definition) is 7. The molecule has 3 N–H and O–H groups in total. The van der Waals surface area contributed by atoms with E-state index in [1.165, 1.54) is 52.7 Å². The van der Waals surface area contributed by atoms with Gasteiger partial charge in [-0.15, -0.1) is 0 Å². The van der Waals surface area contributed by atoms with Gasteiger partial charge in [0.15, 0.2) is 23.0 Å². The molecule has 1 amide bonds. The Hall–Kier alpha value is -4.59. The second-order valence-corrected chi connectivity index (χ2v) is 7.26. The summed E-state index contributed by atoms with van der Waals surface area (Å²) in [5.41, 5.74) is 2.11. The second-order valence-electron chi connectivity index (χ2n) is 7.26. The van der Waals surface area contributed by atoms with Crippen molar-refractivity contribution < 1.29 is 34.0 Å². The molecule has 0 saturated carbocycles. The molecule has 0 atom stereocenters. The molecule has 35 heavy (non-hydrogen) atoms. The Labute approximate surface area is 203 Å². The van der Waals surface area contributed by atoms with E-state index >= 15 is 0 Å². The summed E-state index contributed by atoms with van der Waals surface area (Å²) in [5.74, 6) is 1.04. The molecule has 0 radical (unpaired) electrons. The molecule has 0 saturated heterocycles. The lowest BCUT2D eigenvalue weighted by molar-refractivity contribution is -0.111. The highest BCUT2D eigenvalue weighted by Gasteiger charge is 2.15. The lowest BCUT2D eigenvalue weighted by atomic mass is 10.1. The third-order valence-corrected chi connectivity index (χ3v) is 5.11. The zero-order valence-corrected chi connectivity index (χ0v) is 19.9. The van der Waals surface area contributed by atoms with Gasteiger partial charge in [-0.1, -0.05) is 30.4 Å². The van der Waals surface area contributed by atoms with Gasteiger partial charge < -0.3 is 34.5 Å². The van der Waals surface area contributed by atoms with Gasteiger partial charge in [-0.2, -0.15) is 0 Å². The number of carbonyl (C=O) groups is 1. The lowest BCUT2D eigenvalue weighted by Gasteiger charge is -2.14. The number of ether oxygens (including phenoxy) is 4. The SMILES string of the molecule is COc1cc(/C=C/c2ccc(O)c(OC)c2NC(=O)/C=C/c2ccccc2O)cc(OC)c1OC. The predicted octanol–water partition coefficient (Wildman–Crippen LogP) is 4.95. The van der Waals surface area contributed by atoms with E-state index in [4.69, 9.17) is 18.9 Å². The van der Waals surface area contributed by atoms with E-state index in [1.807, 2.05) is 0 Å². The molecule has 0 aliphatic rings. The summed E-state index contributed by atoms with van der Waals surface area (Å²) >= 11 is 0. The van der Waals surface area contributed by atoms with Crippen molar-refractivity contribution in [1.29, 1.82) is 0 Å². The molecule has 3 aromatic carbocycles. The molecule has 3 aromatic rings. The molecule has 0 spiro atoms. The number of para-hydroxylation sites is 1. The number of methoxy groups -OCH3 is 4. The van der Waals surface area contributed by atoms with Gasteiger partial charge >= 0.3 is 0 Å². The topological polar surface area (TPSA) is 106 Å². The minimum Gasteiger partial charge on any atom is -0.507 e. The molecule has 0 aliphatic heterocycles. The Kier molecular flexibility index (Phi) is 8.24. The van der Waals surface area contributed by atoms with Crippen molar-refractivity contribution in [1.82, 2.24) is 0 Å². The summed E-state index contributed by atoms with van der Waals surface area (Å²) in [7, 11) is 5.99. The van der Waals surface area contributed by atoms with E-state index in [1.54, 1.807) is 48.6 Å². The third kappa shape index (κ3) is 5.86. The van der Waals surface area contributed by atoms with Crippen molar-refractivity contribution in [2.45, 2.75) is 0 Å². The van der Waals surface area contributed by atoms with Crippen molar-refractivity contribution >= 4 is 29.8 Å². The minimum absolute atomic E-state index is 0.0560. The number of phenols is 2. The van der Waals surface area contributed by atoms with Gasteiger partial charge in [-0.05, 0) is 42.0 Å². The maximum Gasteiger partial charge on any atom is 0.248 e. The maximum atomic E-state index is 12.7. The first-order valence-corrected chi connectivity index (χ1v) is 10.6. The summed E-state index contributed by atoms with van der Waals surface area (Å²) < 4.78 is 21.5. The van der Waals surface area contributed by atoms with Crippen LogP contribution in [0.5, 0.6) is 34.5 Å².